The Hall–Kier alpha value is -0.730. The summed E-state index contributed by atoms with van der Waals surface area (Å²) in [5.74, 6) is -0.470. The van der Waals surface area contributed by atoms with Gasteiger partial charge in [-0.15, -0.1) is 0 Å². The minimum atomic E-state index is -1.57. The van der Waals surface area contributed by atoms with Crippen LogP contribution in [0.3, 0.4) is 0 Å². The first-order valence-corrected chi connectivity index (χ1v) is 6.92. The molecule has 0 aromatic heterocycles. The lowest BCUT2D eigenvalue weighted by molar-refractivity contribution is -0.237. The van der Waals surface area contributed by atoms with Crippen LogP contribution in [0, 0.1) is 0 Å². The van der Waals surface area contributed by atoms with E-state index in [9.17, 15) is 20.1 Å². The highest BCUT2D eigenvalue weighted by molar-refractivity contribution is 5.80. The lowest BCUT2D eigenvalue weighted by atomic mass is 9.92. The molecule has 7 nitrogen and oxygen atoms in total. The monoisotopic (exact) mass is 292 g/mol. The van der Waals surface area contributed by atoms with Crippen molar-refractivity contribution in [2.24, 2.45) is 0 Å². The second-order valence-electron chi connectivity index (χ2n) is 5.08. The van der Waals surface area contributed by atoms with E-state index in [1.54, 1.807) is 6.92 Å². The SMILES string of the molecule is CCCC1(CC)O[C@H]([C@@H](O)[C@H](O)[C@H](O)CO)COC1=O. The number of carbonyl (C=O) groups excluding carboxylic acids is 1. The summed E-state index contributed by atoms with van der Waals surface area (Å²) in [5.41, 5.74) is -1.12. The van der Waals surface area contributed by atoms with Gasteiger partial charge in [0.2, 0.25) is 0 Å². The Bertz CT molecular complexity index is 322. The molecule has 0 spiro atoms. The van der Waals surface area contributed by atoms with Crippen LogP contribution >= 0.6 is 0 Å². The molecule has 7 heteroatoms. The normalized spacial score (nSPS) is 31.5. The lowest BCUT2D eigenvalue weighted by Gasteiger charge is -2.41. The molecule has 0 amide bonds. The number of carbonyl (C=O) groups is 1. The summed E-state index contributed by atoms with van der Waals surface area (Å²) in [6, 6.07) is 0. The molecule has 1 unspecified atom stereocenters. The molecule has 0 bridgehead atoms. The van der Waals surface area contributed by atoms with Crippen LogP contribution in [0.5, 0.6) is 0 Å². The summed E-state index contributed by atoms with van der Waals surface area (Å²) in [4.78, 5) is 11.9. The number of cyclic esters (lactones) is 1. The first kappa shape index (κ1) is 17.3. The van der Waals surface area contributed by atoms with Gasteiger partial charge in [0, 0.05) is 0 Å². The van der Waals surface area contributed by atoms with Crippen LogP contribution in [0.4, 0.5) is 0 Å². The van der Waals surface area contributed by atoms with Gasteiger partial charge in [0.25, 0.3) is 0 Å². The first-order chi connectivity index (χ1) is 9.41. The smallest absolute Gasteiger partial charge is 0.338 e. The maximum absolute atomic E-state index is 11.9. The van der Waals surface area contributed by atoms with Crippen molar-refractivity contribution < 1.29 is 34.7 Å². The summed E-state index contributed by atoms with van der Waals surface area (Å²) >= 11 is 0. The van der Waals surface area contributed by atoms with Crippen molar-refractivity contribution in [2.45, 2.75) is 63.1 Å². The lowest BCUT2D eigenvalue weighted by Crippen LogP contribution is -2.58. The number of esters is 1. The van der Waals surface area contributed by atoms with Crippen molar-refractivity contribution in [2.75, 3.05) is 13.2 Å². The fraction of sp³-hybridized carbons (Fsp3) is 0.923. The van der Waals surface area contributed by atoms with Crippen LogP contribution in [0.1, 0.15) is 33.1 Å². The van der Waals surface area contributed by atoms with Gasteiger partial charge in [-0.05, 0) is 12.8 Å². The number of rotatable bonds is 7. The molecular formula is C13H24O7. The second-order valence-corrected chi connectivity index (χ2v) is 5.08. The number of ether oxygens (including phenoxy) is 2. The van der Waals surface area contributed by atoms with Crippen molar-refractivity contribution in [3.05, 3.63) is 0 Å². The Morgan fingerprint density at radius 3 is 2.50 bits per heavy atom. The summed E-state index contributed by atoms with van der Waals surface area (Å²) < 4.78 is 10.7. The molecule has 0 aromatic rings. The fourth-order valence-electron chi connectivity index (χ4n) is 2.35. The highest BCUT2D eigenvalue weighted by Gasteiger charge is 2.48. The third kappa shape index (κ3) is 3.48. The molecule has 4 N–H and O–H groups in total. The first-order valence-electron chi connectivity index (χ1n) is 6.92. The molecule has 0 aromatic carbocycles. The summed E-state index contributed by atoms with van der Waals surface area (Å²) in [7, 11) is 0. The van der Waals surface area contributed by atoms with Crippen molar-refractivity contribution >= 4 is 5.97 Å². The van der Waals surface area contributed by atoms with E-state index >= 15 is 0 Å². The van der Waals surface area contributed by atoms with Crippen LogP contribution in [-0.2, 0) is 14.3 Å². The molecule has 0 aliphatic carbocycles. The number of aliphatic hydroxyl groups is 4. The Labute approximate surface area is 118 Å². The third-order valence-electron chi connectivity index (χ3n) is 3.66. The molecule has 118 valence electrons. The van der Waals surface area contributed by atoms with E-state index in [0.29, 0.717) is 19.3 Å². The van der Waals surface area contributed by atoms with E-state index in [1.165, 1.54) is 0 Å². The standard InChI is InChI=1S/C13H24O7/c1-3-5-13(4-2)12(18)19-7-9(20-13)11(17)10(16)8(15)6-14/h8-11,14-17H,3-7H2,1-2H3/t8-,9+,10-,11-,13?/m1/s1. The highest BCUT2D eigenvalue weighted by atomic mass is 16.6. The predicted molar refractivity (Wildman–Crippen MR) is 68.9 cm³/mol. The number of hydrogen-bond donors (Lipinski definition) is 4. The number of aliphatic hydroxyl groups excluding tert-OH is 4. The van der Waals surface area contributed by atoms with Crippen molar-refractivity contribution in [1.82, 2.24) is 0 Å². The maximum Gasteiger partial charge on any atom is 0.338 e. The Balaban J connectivity index is 2.80. The highest BCUT2D eigenvalue weighted by Crippen LogP contribution is 2.31. The van der Waals surface area contributed by atoms with Gasteiger partial charge in [-0.2, -0.15) is 0 Å². The molecule has 1 aliphatic rings. The van der Waals surface area contributed by atoms with E-state index < -0.39 is 42.6 Å². The molecular weight excluding hydrogens is 268 g/mol. The third-order valence-corrected chi connectivity index (χ3v) is 3.66. The fourth-order valence-corrected chi connectivity index (χ4v) is 2.35. The average molecular weight is 292 g/mol. The van der Waals surface area contributed by atoms with E-state index in [2.05, 4.69) is 0 Å². The van der Waals surface area contributed by atoms with Gasteiger partial charge in [0.15, 0.2) is 5.60 Å². The summed E-state index contributed by atoms with van der Waals surface area (Å²) in [5, 5.41) is 37.8. The van der Waals surface area contributed by atoms with Crippen LogP contribution in [0.25, 0.3) is 0 Å². The second kappa shape index (κ2) is 7.33. The zero-order valence-electron chi connectivity index (χ0n) is 11.9. The quantitative estimate of drug-likeness (QED) is 0.442. The molecule has 5 atom stereocenters. The van der Waals surface area contributed by atoms with Crippen LogP contribution < -0.4 is 0 Å². The average Bonchev–Trinajstić information content (AvgIpc) is 2.47. The molecule has 20 heavy (non-hydrogen) atoms. The van der Waals surface area contributed by atoms with E-state index in [1.807, 2.05) is 6.92 Å². The van der Waals surface area contributed by atoms with Gasteiger partial charge in [-0.1, -0.05) is 20.3 Å². The number of hydrogen-bond acceptors (Lipinski definition) is 7. The van der Waals surface area contributed by atoms with Gasteiger partial charge < -0.3 is 29.9 Å². The molecule has 0 radical (unpaired) electrons. The Morgan fingerprint density at radius 2 is 2.00 bits per heavy atom. The molecule has 1 heterocycles. The maximum atomic E-state index is 11.9. The van der Waals surface area contributed by atoms with Gasteiger partial charge in [-0.3, -0.25) is 0 Å². The minimum absolute atomic E-state index is 0.194. The van der Waals surface area contributed by atoms with Gasteiger partial charge in [0.05, 0.1) is 6.61 Å². The summed E-state index contributed by atoms with van der Waals surface area (Å²) in [6.45, 7) is 2.81. The molecule has 1 rings (SSSR count). The van der Waals surface area contributed by atoms with Crippen LogP contribution in [0.2, 0.25) is 0 Å². The Morgan fingerprint density at radius 1 is 1.35 bits per heavy atom. The molecule has 1 fully saturated rings. The van der Waals surface area contributed by atoms with E-state index in [-0.39, 0.29) is 6.61 Å². The van der Waals surface area contributed by atoms with Crippen LogP contribution in [-0.4, -0.2) is 69.6 Å². The largest absolute Gasteiger partial charge is 0.461 e. The Kier molecular flexibility index (Phi) is 6.35. The van der Waals surface area contributed by atoms with Crippen molar-refractivity contribution in [3.63, 3.8) is 0 Å². The summed E-state index contributed by atoms with van der Waals surface area (Å²) in [6.07, 6.45) is -3.89. The van der Waals surface area contributed by atoms with Crippen molar-refractivity contribution in [3.8, 4) is 0 Å². The van der Waals surface area contributed by atoms with Gasteiger partial charge in [-0.25, -0.2) is 4.79 Å². The van der Waals surface area contributed by atoms with Gasteiger partial charge in [0.1, 0.15) is 31.0 Å². The van der Waals surface area contributed by atoms with Crippen molar-refractivity contribution in [1.29, 1.82) is 0 Å². The molecule has 1 aliphatic heterocycles. The minimum Gasteiger partial charge on any atom is -0.461 e. The van der Waals surface area contributed by atoms with E-state index in [0.717, 1.165) is 0 Å². The van der Waals surface area contributed by atoms with Crippen LogP contribution in [0.15, 0.2) is 0 Å². The predicted octanol–water partition coefficient (Wildman–Crippen LogP) is -1.05. The molecule has 0 saturated carbocycles. The topological polar surface area (TPSA) is 116 Å². The zero-order chi connectivity index (χ0) is 15.3. The van der Waals surface area contributed by atoms with E-state index in [4.69, 9.17) is 14.6 Å². The zero-order valence-corrected chi connectivity index (χ0v) is 11.9. The van der Waals surface area contributed by atoms with Gasteiger partial charge >= 0.3 is 5.97 Å². The molecule has 1 saturated heterocycles.